The highest BCUT2D eigenvalue weighted by Crippen LogP contribution is 2.37. The Morgan fingerprint density at radius 3 is 2.55 bits per heavy atom. The van der Waals surface area contributed by atoms with Crippen molar-refractivity contribution in [2.45, 2.75) is 6.42 Å². The van der Waals surface area contributed by atoms with Crippen LogP contribution in [-0.4, -0.2) is 38.2 Å². The fraction of sp³-hybridized carbons (Fsp3) is 0.333. The molecule has 0 saturated heterocycles. The van der Waals surface area contributed by atoms with E-state index in [1.54, 1.807) is 13.3 Å². The molecule has 0 amide bonds. The summed E-state index contributed by atoms with van der Waals surface area (Å²) in [5.74, 6) is 1.39. The summed E-state index contributed by atoms with van der Waals surface area (Å²) in [5.41, 5.74) is 15.3. The summed E-state index contributed by atoms with van der Waals surface area (Å²) in [4.78, 5) is 10.0. The summed E-state index contributed by atoms with van der Waals surface area (Å²) in [5, 5.41) is 3.16. The highest BCUT2D eigenvalue weighted by Gasteiger charge is 2.14. The van der Waals surface area contributed by atoms with Crippen LogP contribution in [0.5, 0.6) is 5.75 Å². The lowest BCUT2D eigenvalue weighted by Gasteiger charge is -2.21. The normalized spacial score (nSPS) is 10.4. The zero-order chi connectivity index (χ0) is 16.3. The van der Waals surface area contributed by atoms with Gasteiger partial charge in [-0.15, -0.1) is 0 Å². The van der Waals surface area contributed by atoms with Gasteiger partial charge in [0.15, 0.2) is 5.75 Å². The molecule has 0 fully saturated rings. The molecule has 22 heavy (non-hydrogen) atoms. The van der Waals surface area contributed by atoms with Gasteiger partial charge in [0.05, 0.1) is 18.5 Å². The Bertz CT molecular complexity index is 671. The maximum absolute atomic E-state index is 5.91. The van der Waals surface area contributed by atoms with Gasteiger partial charge in [0, 0.05) is 39.3 Å². The van der Waals surface area contributed by atoms with E-state index in [4.69, 9.17) is 16.2 Å². The van der Waals surface area contributed by atoms with Gasteiger partial charge in [-0.2, -0.15) is 4.98 Å². The van der Waals surface area contributed by atoms with Gasteiger partial charge < -0.3 is 26.4 Å². The van der Waals surface area contributed by atoms with Crippen LogP contribution >= 0.6 is 0 Å². The third-order valence-electron chi connectivity index (χ3n) is 3.40. The summed E-state index contributed by atoms with van der Waals surface area (Å²) in [6.45, 7) is 0. The first-order valence-corrected chi connectivity index (χ1v) is 6.89. The third kappa shape index (κ3) is 3.13. The molecular weight excluding hydrogens is 280 g/mol. The van der Waals surface area contributed by atoms with E-state index in [2.05, 4.69) is 21.4 Å². The predicted molar refractivity (Wildman–Crippen MR) is 90.5 cm³/mol. The number of hydrogen-bond donors (Lipinski definition) is 3. The Hall–Kier alpha value is -2.70. The summed E-state index contributed by atoms with van der Waals surface area (Å²) in [7, 11) is 7.47. The van der Waals surface area contributed by atoms with E-state index < -0.39 is 0 Å². The van der Waals surface area contributed by atoms with Crippen LogP contribution in [-0.2, 0) is 6.42 Å². The number of ether oxygens (including phenoxy) is 1. The molecule has 0 radical (unpaired) electrons. The molecule has 1 aromatic carbocycles. The summed E-state index contributed by atoms with van der Waals surface area (Å²) in [6, 6.07) is 4.09. The van der Waals surface area contributed by atoms with Gasteiger partial charge in [-0.1, -0.05) is 0 Å². The average Bonchev–Trinajstić information content (AvgIpc) is 2.49. The highest BCUT2D eigenvalue weighted by molar-refractivity contribution is 5.73. The van der Waals surface area contributed by atoms with Gasteiger partial charge in [0.2, 0.25) is 5.95 Å². The number of hydrogen-bond acceptors (Lipinski definition) is 7. The summed E-state index contributed by atoms with van der Waals surface area (Å²) < 4.78 is 5.50. The van der Waals surface area contributed by atoms with Crippen molar-refractivity contribution in [3.8, 4) is 5.75 Å². The number of nitrogens with zero attached hydrogens (tertiary/aromatic N) is 3. The number of methoxy groups -OCH3 is 1. The minimum atomic E-state index is 0.181. The first-order chi connectivity index (χ1) is 10.5. The van der Waals surface area contributed by atoms with Crippen LogP contribution in [0.15, 0.2) is 18.3 Å². The molecule has 0 aliphatic rings. The van der Waals surface area contributed by atoms with Crippen LogP contribution in [0.1, 0.15) is 11.1 Å². The second kappa shape index (κ2) is 6.38. The summed E-state index contributed by atoms with van der Waals surface area (Å²) >= 11 is 0. The van der Waals surface area contributed by atoms with Gasteiger partial charge in [-0.25, -0.2) is 4.98 Å². The van der Waals surface area contributed by atoms with E-state index in [0.717, 1.165) is 28.3 Å². The maximum atomic E-state index is 5.91. The maximum Gasteiger partial charge on any atom is 0.221 e. The molecule has 0 bridgehead atoms. The molecular formula is C15H22N6O. The molecule has 2 aromatic rings. The Labute approximate surface area is 130 Å². The first kappa shape index (κ1) is 15.7. The zero-order valence-corrected chi connectivity index (χ0v) is 13.3. The van der Waals surface area contributed by atoms with E-state index in [0.29, 0.717) is 12.2 Å². The van der Waals surface area contributed by atoms with Gasteiger partial charge in [-0.3, -0.25) is 0 Å². The highest BCUT2D eigenvalue weighted by atomic mass is 16.5. The van der Waals surface area contributed by atoms with Crippen molar-refractivity contribution < 1.29 is 4.74 Å². The fourth-order valence-corrected chi connectivity index (χ4v) is 2.30. The number of rotatable bonds is 5. The quantitative estimate of drug-likeness (QED) is 0.766. The van der Waals surface area contributed by atoms with Crippen LogP contribution in [0.2, 0.25) is 0 Å². The Morgan fingerprint density at radius 2 is 2.00 bits per heavy atom. The monoisotopic (exact) mass is 302 g/mol. The number of nitrogens with one attached hydrogen (secondary N) is 1. The van der Waals surface area contributed by atoms with Gasteiger partial charge in [-0.05, 0) is 17.7 Å². The van der Waals surface area contributed by atoms with E-state index in [1.165, 1.54) is 0 Å². The minimum Gasteiger partial charge on any atom is -0.492 e. The molecule has 7 nitrogen and oxygen atoms in total. The van der Waals surface area contributed by atoms with Gasteiger partial charge in [0.25, 0.3) is 0 Å². The number of aromatic nitrogens is 2. The lowest BCUT2D eigenvalue weighted by atomic mass is 10.0. The van der Waals surface area contributed by atoms with Crippen LogP contribution < -0.4 is 26.4 Å². The summed E-state index contributed by atoms with van der Waals surface area (Å²) in [6.07, 6.45) is 2.28. The van der Waals surface area contributed by atoms with Crippen LogP contribution in [0.4, 0.5) is 23.1 Å². The SMILES string of the molecule is CNc1cc(Cc2cnc(N)nc2N)cc(N(C)C)c1OC. The predicted octanol–water partition coefficient (Wildman–Crippen LogP) is 1.35. The molecule has 1 aromatic heterocycles. The van der Waals surface area contributed by atoms with Crippen molar-refractivity contribution in [2.24, 2.45) is 0 Å². The number of nitrogen functional groups attached to an aromatic ring is 2. The van der Waals surface area contributed by atoms with E-state index >= 15 is 0 Å². The number of benzene rings is 1. The average molecular weight is 302 g/mol. The molecule has 0 aliphatic carbocycles. The molecule has 2 rings (SSSR count). The Morgan fingerprint density at radius 1 is 1.27 bits per heavy atom. The van der Waals surface area contributed by atoms with Crippen molar-refractivity contribution in [1.82, 2.24) is 9.97 Å². The molecule has 118 valence electrons. The molecule has 0 spiro atoms. The van der Waals surface area contributed by atoms with E-state index in [1.807, 2.05) is 32.1 Å². The van der Waals surface area contributed by atoms with Crippen molar-refractivity contribution in [1.29, 1.82) is 0 Å². The molecule has 5 N–H and O–H groups in total. The number of anilines is 4. The largest absolute Gasteiger partial charge is 0.492 e. The van der Waals surface area contributed by atoms with Crippen LogP contribution in [0, 0.1) is 0 Å². The molecule has 7 heteroatoms. The molecule has 1 heterocycles. The first-order valence-electron chi connectivity index (χ1n) is 6.89. The molecule has 0 atom stereocenters. The minimum absolute atomic E-state index is 0.181. The second-order valence-corrected chi connectivity index (χ2v) is 5.16. The Balaban J connectivity index is 2.45. The van der Waals surface area contributed by atoms with Gasteiger partial charge >= 0.3 is 0 Å². The van der Waals surface area contributed by atoms with Crippen molar-refractivity contribution in [3.05, 3.63) is 29.5 Å². The molecule has 0 saturated carbocycles. The topological polar surface area (TPSA) is 102 Å². The third-order valence-corrected chi connectivity index (χ3v) is 3.40. The smallest absolute Gasteiger partial charge is 0.221 e. The lowest BCUT2D eigenvalue weighted by molar-refractivity contribution is 0.417. The molecule has 0 unspecified atom stereocenters. The fourth-order valence-electron chi connectivity index (χ4n) is 2.30. The van der Waals surface area contributed by atoms with Crippen molar-refractivity contribution in [3.63, 3.8) is 0 Å². The van der Waals surface area contributed by atoms with Crippen LogP contribution in [0.3, 0.4) is 0 Å². The van der Waals surface area contributed by atoms with E-state index in [-0.39, 0.29) is 5.95 Å². The van der Waals surface area contributed by atoms with Crippen molar-refractivity contribution >= 4 is 23.1 Å². The lowest BCUT2D eigenvalue weighted by Crippen LogP contribution is -2.12. The number of nitrogens with two attached hydrogens (primary N) is 2. The molecule has 0 aliphatic heterocycles. The second-order valence-electron chi connectivity index (χ2n) is 5.16. The van der Waals surface area contributed by atoms with Crippen LogP contribution in [0.25, 0.3) is 0 Å². The van der Waals surface area contributed by atoms with E-state index in [9.17, 15) is 0 Å². The van der Waals surface area contributed by atoms with Gasteiger partial charge in [0.1, 0.15) is 5.82 Å². The van der Waals surface area contributed by atoms with Crippen molar-refractivity contribution in [2.75, 3.05) is 49.9 Å². The zero-order valence-electron chi connectivity index (χ0n) is 13.3. The Kier molecular flexibility index (Phi) is 4.55. The standard InChI is InChI=1S/C15H22N6O/c1-18-11-6-9(7-12(21(2)3)13(11)22-4)5-10-8-19-15(17)20-14(10)16/h6-8,18H,5H2,1-4H3,(H4,16,17,19,20).